The first-order valence-electron chi connectivity index (χ1n) is 6.02. The topological polar surface area (TPSA) is 20.2 Å². The fraction of sp³-hybridized carbons (Fsp3) is 0.333. The molecule has 0 aliphatic heterocycles. The Labute approximate surface area is 95.7 Å². The van der Waals surface area contributed by atoms with Crippen molar-refractivity contribution in [2.45, 2.75) is 31.3 Å². The number of rotatable bonds is 1. The highest BCUT2D eigenvalue weighted by Gasteiger charge is 2.27. The van der Waals surface area contributed by atoms with Crippen LogP contribution in [0.5, 0.6) is 0 Å². The lowest BCUT2D eigenvalue weighted by molar-refractivity contribution is 0.164. The molecule has 0 radical (unpaired) electrons. The molecule has 1 fully saturated rings. The number of benzene rings is 2. The zero-order valence-corrected chi connectivity index (χ0v) is 9.26. The van der Waals surface area contributed by atoms with E-state index >= 15 is 0 Å². The van der Waals surface area contributed by atoms with Gasteiger partial charge in [-0.05, 0) is 29.2 Å². The third-order valence-corrected chi connectivity index (χ3v) is 3.70. The monoisotopic (exact) mass is 212 g/mol. The SMILES string of the molecule is O[C@H]1CCC[C@@H]1c1cccc2ccccc12. The van der Waals surface area contributed by atoms with Gasteiger partial charge in [0.15, 0.2) is 0 Å². The molecule has 1 aliphatic rings. The van der Waals surface area contributed by atoms with Gasteiger partial charge in [0, 0.05) is 5.92 Å². The van der Waals surface area contributed by atoms with Crippen molar-refractivity contribution in [2.24, 2.45) is 0 Å². The lowest BCUT2D eigenvalue weighted by Crippen LogP contribution is -2.11. The summed E-state index contributed by atoms with van der Waals surface area (Å²) in [6.45, 7) is 0. The van der Waals surface area contributed by atoms with Crippen molar-refractivity contribution in [3.8, 4) is 0 Å². The van der Waals surface area contributed by atoms with Gasteiger partial charge in [0.05, 0.1) is 6.10 Å². The van der Waals surface area contributed by atoms with Crippen LogP contribution in [0.2, 0.25) is 0 Å². The fourth-order valence-corrected chi connectivity index (χ4v) is 2.88. The molecule has 1 saturated carbocycles. The first-order chi connectivity index (χ1) is 7.86. The fourth-order valence-electron chi connectivity index (χ4n) is 2.88. The molecule has 1 aliphatic carbocycles. The van der Waals surface area contributed by atoms with Gasteiger partial charge in [0.2, 0.25) is 0 Å². The molecule has 0 unspecified atom stereocenters. The van der Waals surface area contributed by atoms with E-state index in [-0.39, 0.29) is 6.10 Å². The van der Waals surface area contributed by atoms with Crippen LogP contribution in [0, 0.1) is 0 Å². The highest BCUT2D eigenvalue weighted by Crippen LogP contribution is 2.37. The maximum absolute atomic E-state index is 10.0. The predicted molar refractivity (Wildman–Crippen MR) is 66.5 cm³/mol. The summed E-state index contributed by atoms with van der Waals surface area (Å²) >= 11 is 0. The summed E-state index contributed by atoms with van der Waals surface area (Å²) in [5.41, 5.74) is 1.32. The van der Waals surface area contributed by atoms with Crippen LogP contribution in [0.15, 0.2) is 42.5 Å². The van der Waals surface area contributed by atoms with Crippen molar-refractivity contribution in [1.82, 2.24) is 0 Å². The van der Waals surface area contributed by atoms with Crippen LogP contribution in [0.25, 0.3) is 10.8 Å². The summed E-state index contributed by atoms with van der Waals surface area (Å²) < 4.78 is 0. The molecule has 2 aromatic rings. The Balaban J connectivity index is 2.16. The molecular formula is C15H16O. The molecule has 2 atom stereocenters. The van der Waals surface area contributed by atoms with Gasteiger partial charge >= 0.3 is 0 Å². The van der Waals surface area contributed by atoms with E-state index in [2.05, 4.69) is 42.5 Å². The van der Waals surface area contributed by atoms with E-state index in [4.69, 9.17) is 0 Å². The second kappa shape index (κ2) is 3.91. The van der Waals surface area contributed by atoms with Crippen molar-refractivity contribution >= 4 is 10.8 Å². The predicted octanol–water partition coefficient (Wildman–Crippen LogP) is 3.47. The van der Waals surface area contributed by atoms with Crippen LogP contribution < -0.4 is 0 Å². The van der Waals surface area contributed by atoms with Crippen LogP contribution in [-0.4, -0.2) is 11.2 Å². The van der Waals surface area contributed by atoms with E-state index in [1.165, 1.54) is 16.3 Å². The molecular weight excluding hydrogens is 196 g/mol. The highest BCUT2D eigenvalue weighted by atomic mass is 16.3. The minimum Gasteiger partial charge on any atom is -0.392 e. The lowest BCUT2D eigenvalue weighted by Gasteiger charge is -2.17. The first-order valence-corrected chi connectivity index (χ1v) is 6.02. The summed E-state index contributed by atoms with van der Waals surface area (Å²) in [5, 5.41) is 12.6. The van der Waals surface area contributed by atoms with Gasteiger partial charge in [-0.1, -0.05) is 48.9 Å². The molecule has 0 saturated heterocycles. The summed E-state index contributed by atoms with van der Waals surface area (Å²) in [6, 6.07) is 14.9. The Morgan fingerprint density at radius 3 is 2.56 bits per heavy atom. The zero-order chi connectivity index (χ0) is 11.0. The van der Waals surface area contributed by atoms with Crippen LogP contribution in [0.4, 0.5) is 0 Å². The lowest BCUT2D eigenvalue weighted by atomic mass is 9.91. The van der Waals surface area contributed by atoms with Gasteiger partial charge in [-0.25, -0.2) is 0 Å². The van der Waals surface area contributed by atoms with Crippen LogP contribution in [-0.2, 0) is 0 Å². The van der Waals surface area contributed by atoms with Gasteiger partial charge in [0.25, 0.3) is 0 Å². The second-order valence-corrected chi connectivity index (χ2v) is 4.67. The van der Waals surface area contributed by atoms with Crippen molar-refractivity contribution in [3.05, 3.63) is 48.0 Å². The van der Waals surface area contributed by atoms with E-state index in [0.29, 0.717) is 5.92 Å². The third-order valence-electron chi connectivity index (χ3n) is 3.70. The Kier molecular flexibility index (Phi) is 2.41. The summed E-state index contributed by atoms with van der Waals surface area (Å²) in [5.74, 6) is 0.339. The molecule has 0 amide bonds. The van der Waals surface area contributed by atoms with Crippen molar-refractivity contribution < 1.29 is 5.11 Å². The minimum atomic E-state index is -0.147. The van der Waals surface area contributed by atoms with E-state index in [0.717, 1.165) is 19.3 Å². The summed E-state index contributed by atoms with van der Waals surface area (Å²) in [7, 11) is 0. The van der Waals surface area contributed by atoms with Gasteiger partial charge in [0.1, 0.15) is 0 Å². The average molecular weight is 212 g/mol. The minimum absolute atomic E-state index is 0.147. The smallest absolute Gasteiger partial charge is 0.0608 e. The average Bonchev–Trinajstić information content (AvgIpc) is 2.75. The maximum atomic E-state index is 10.0. The normalized spacial score (nSPS) is 25.1. The Hall–Kier alpha value is -1.34. The number of fused-ring (bicyclic) bond motifs is 1. The molecule has 1 N–H and O–H groups in total. The van der Waals surface area contributed by atoms with Gasteiger partial charge in [-0.15, -0.1) is 0 Å². The van der Waals surface area contributed by atoms with Gasteiger partial charge in [-0.3, -0.25) is 0 Å². The second-order valence-electron chi connectivity index (χ2n) is 4.67. The standard InChI is InChI=1S/C15H16O/c16-15-10-4-9-14(15)13-8-3-6-11-5-1-2-7-12(11)13/h1-3,5-8,14-16H,4,9-10H2/t14-,15+/m1/s1. The number of hydrogen-bond donors (Lipinski definition) is 1. The Bertz CT molecular complexity index is 498. The van der Waals surface area contributed by atoms with E-state index in [1.807, 2.05) is 0 Å². The largest absolute Gasteiger partial charge is 0.392 e. The summed E-state index contributed by atoms with van der Waals surface area (Å²) in [4.78, 5) is 0. The molecule has 3 rings (SSSR count). The van der Waals surface area contributed by atoms with E-state index in [1.54, 1.807) is 0 Å². The number of aliphatic hydroxyl groups is 1. The third kappa shape index (κ3) is 1.52. The van der Waals surface area contributed by atoms with Crippen LogP contribution in [0.1, 0.15) is 30.7 Å². The van der Waals surface area contributed by atoms with E-state index in [9.17, 15) is 5.11 Å². The molecule has 16 heavy (non-hydrogen) atoms. The molecule has 1 nitrogen and oxygen atoms in total. The molecule has 1 heteroatoms. The highest BCUT2D eigenvalue weighted by molar-refractivity contribution is 5.86. The van der Waals surface area contributed by atoms with Crippen molar-refractivity contribution in [3.63, 3.8) is 0 Å². The maximum Gasteiger partial charge on any atom is 0.0608 e. The molecule has 0 aromatic heterocycles. The van der Waals surface area contributed by atoms with E-state index < -0.39 is 0 Å². The Morgan fingerprint density at radius 2 is 1.75 bits per heavy atom. The molecule has 0 heterocycles. The number of hydrogen-bond acceptors (Lipinski definition) is 1. The van der Waals surface area contributed by atoms with Gasteiger partial charge in [-0.2, -0.15) is 0 Å². The quantitative estimate of drug-likeness (QED) is 0.767. The molecule has 0 spiro atoms. The Morgan fingerprint density at radius 1 is 0.938 bits per heavy atom. The number of aliphatic hydroxyl groups excluding tert-OH is 1. The van der Waals surface area contributed by atoms with Crippen LogP contribution >= 0.6 is 0 Å². The first kappa shape index (κ1) is 9.86. The van der Waals surface area contributed by atoms with Crippen molar-refractivity contribution in [2.75, 3.05) is 0 Å². The van der Waals surface area contributed by atoms with Crippen molar-refractivity contribution in [1.29, 1.82) is 0 Å². The van der Waals surface area contributed by atoms with Crippen LogP contribution in [0.3, 0.4) is 0 Å². The molecule has 82 valence electrons. The molecule has 0 bridgehead atoms. The summed E-state index contributed by atoms with van der Waals surface area (Å²) in [6.07, 6.45) is 3.07. The van der Waals surface area contributed by atoms with Gasteiger partial charge < -0.3 is 5.11 Å². The zero-order valence-electron chi connectivity index (χ0n) is 9.26. The molecule has 2 aromatic carbocycles.